The van der Waals surface area contributed by atoms with E-state index in [-0.39, 0.29) is 12.5 Å². The number of hydrogen-bond acceptors (Lipinski definition) is 3. The molecular weight excluding hydrogens is 264 g/mol. The lowest BCUT2D eigenvalue weighted by Crippen LogP contribution is -2.36. The van der Waals surface area contributed by atoms with Crippen molar-refractivity contribution >= 4 is 11.6 Å². The van der Waals surface area contributed by atoms with Crippen molar-refractivity contribution in [2.45, 2.75) is 52.1 Å². The van der Waals surface area contributed by atoms with Crippen molar-refractivity contribution in [3.8, 4) is 5.75 Å². The number of carbonyl (C=O) groups is 1. The Morgan fingerprint density at radius 2 is 2.29 bits per heavy atom. The van der Waals surface area contributed by atoms with Gasteiger partial charge >= 0.3 is 0 Å². The van der Waals surface area contributed by atoms with E-state index in [0.29, 0.717) is 11.5 Å². The standard InChI is InChI=1S/C17H24N2O2/c1-17(2)7-3-4-13(9-17)18-10-12-5-6-15-14(8-12)19-16(20)11-21-15/h5-6,8,13,18H,3-4,7,9-11H2,1-2H3,(H,19,20). The molecule has 114 valence electrons. The molecule has 1 aliphatic heterocycles. The van der Waals surface area contributed by atoms with E-state index >= 15 is 0 Å². The molecule has 1 aromatic carbocycles. The van der Waals surface area contributed by atoms with Crippen LogP contribution in [0.1, 0.15) is 45.1 Å². The molecule has 3 rings (SSSR count). The second kappa shape index (κ2) is 5.68. The van der Waals surface area contributed by atoms with Gasteiger partial charge in [0.2, 0.25) is 0 Å². The minimum Gasteiger partial charge on any atom is -0.482 e. The average Bonchev–Trinajstić information content (AvgIpc) is 2.43. The molecule has 21 heavy (non-hydrogen) atoms. The van der Waals surface area contributed by atoms with Crippen LogP contribution in [-0.2, 0) is 11.3 Å². The van der Waals surface area contributed by atoms with Crippen LogP contribution in [0.5, 0.6) is 5.75 Å². The Bertz CT molecular complexity index is 540. The molecule has 1 aliphatic carbocycles. The second-order valence-corrected chi connectivity index (χ2v) is 7.01. The predicted octanol–water partition coefficient (Wildman–Crippen LogP) is 3.08. The third-order valence-electron chi connectivity index (χ3n) is 4.48. The van der Waals surface area contributed by atoms with Gasteiger partial charge < -0.3 is 15.4 Å². The summed E-state index contributed by atoms with van der Waals surface area (Å²) < 4.78 is 5.38. The summed E-state index contributed by atoms with van der Waals surface area (Å²) in [7, 11) is 0. The first-order valence-corrected chi connectivity index (χ1v) is 7.81. The number of nitrogens with one attached hydrogen (secondary N) is 2. The Morgan fingerprint density at radius 3 is 3.10 bits per heavy atom. The highest BCUT2D eigenvalue weighted by Gasteiger charge is 2.27. The predicted molar refractivity (Wildman–Crippen MR) is 83.4 cm³/mol. The van der Waals surface area contributed by atoms with Crippen molar-refractivity contribution in [3.63, 3.8) is 0 Å². The van der Waals surface area contributed by atoms with Crippen LogP contribution in [0.2, 0.25) is 0 Å². The van der Waals surface area contributed by atoms with Crippen molar-refractivity contribution in [1.29, 1.82) is 0 Å². The largest absolute Gasteiger partial charge is 0.482 e. The maximum Gasteiger partial charge on any atom is 0.262 e. The summed E-state index contributed by atoms with van der Waals surface area (Å²) in [6.07, 6.45) is 5.12. The SMILES string of the molecule is CC1(C)CCCC(NCc2ccc3c(c2)NC(=O)CO3)C1. The summed E-state index contributed by atoms with van der Waals surface area (Å²) >= 11 is 0. The molecule has 1 fully saturated rings. The van der Waals surface area contributed by atoms with Crippen LogP contribution in [0, 0.1) is 5.41 Å². The second-order valence-electron chi connectivity index (χ2n) is 7.01. The van der Waals surface area contributed by atoms with E-state index in [9.17, 15) is 4.79 Å². The number of hydrogen-bond donors (Lipinski definition) is 2. The Labute approximate surface area is 126 Å². The third kappa shape index (κ3) is 3.56. The number of benzene rings is 1. The van der Waals surface area contributed by atoms with Crippen LogP contribution in [0.25, 0.3) is 0 Å². The number of fused-ring (bicyclic) bond motifs is 1. The Balaban J connectivity index is 1.61. The summed E-state index contributed by atoms with van der Waals surface area (Å²) in [4.78, 5) is 11.4. The fraction of sp³-hybridized carbons (Fsp3) is 0.588. The molecule has 1 atom stereocenters. The van der Waals surface area contributed by atoms with Gasteiger partial charge in [0.25, 0.3) is 5.91 Å². The summed E-state index contributed by atoms with van der Waals surface area (Å²) in [6, 6.07) is 6.61. The molecule has 0 radical (unpaired) electrons. The van der Waals surface area contributed by atoms with Gasteiger partial charge in [0.05, 0.1) is 5.69 Å². The summed E-state index contributed by atoms with van der Waals surface area (Å²) in [5.41, 5.74) is 2.42. The maximum absolute atomic E-state index is 11.4. The van der Waals surface area contributed by atoms with Gasteiger partial charge in [-0.25, -0.2) is 0 Å². The number of rotatable bonds is 3. The molecule has 0 saturated heterocycles. The number of amides is 1. The van der Waals surface area contributed by atoms with Crippen molar-refractivity contribution in [1.82, 2.24) is 5.32 Å². The lowest BCUT2D eigenvalue weighted by Gasteiger charge is -2.35. The molecule has 1 saturated carbocycles. The molecule has 0 aromatic heterocycles. The lowest BCUT2D eigenvalue weighted by molar-refractivity contribution is -0.118. The van der Waals surface area contributed by atoms with Gasteiger partial charge in [-0.05, 0) is 42.4 Å². The van der Waals surface area contributed by atoms with Gasteiger partial charge in [-0.2, -0.15) is 0 Å². The normalized spacial score (nSPS) is 23.9. The van der Waals surface area contributed by atoms with Gasteiger partial charge in [0.1, 0.15) is 5.75 Å². The highest BCUT2D eigenvalue weighted by molar-refractivity contribution is 5.95. The van der Waals surface area contributed by atoms with Crippen molar-refractivity contribution < 1.29 is 9.53 Å². The fourth-order valence-electron chi connectivity index (χ4n) is 3.37. The van der Waals surface area contributed by atoms with Gasteiger partial charge in [0, 0.05) is 12.6 Å². The van der Waals surface area contributed by atoms with E-state index in [0.717, 1.165) is 18.0 Å². The molecule has 4 heteroatoms. The zero-order chi connectivity index (χ0) is 14.9. The van der Waals surface area contributed by atoms with Crippen LogP contribution < -0.4 is 15.4 Å². The molecule has 1 aromatic rings. The summed E-state index contributed by atoms with van der Waals surface area (Å²) in [6.45, 7) is 5.66. The van der Waals surface area contributed by atoms with E-state index < -0.39 is 0 Å². The highest BCUT2D eigenvalue weighted by Crippen LogP contribution is 2.35. The Morgan fingerprint density at radius 1 is 1.43 bits per heavy atom. The van der Waals surface area contributed by atoms with E-state index in [4.69, 9.17) is 4.74 Å². The van der Waals surface area contributed by atoms with Gasteiger partial charge in [-0.1, -0.05) is 26.3 Å². The van der Waals surface area contributed by atoms with Crippen molar-refractivity contribution in [2.75, 3.05) is 11.9 Å². The number of carbonyl (C=O) groups excluding carboxylic acids is 1. The summed E-state index contributed by atoms with van der Waals surface area (Å²) in [5.74, 6) is 0.679. The maximum atomic E-state index is 11.4. The molecule has 1 amide bonds. The molecule has 1 heterocycles. The lowest BCUT2D eigenvalue weighted by atomic mass is 9.75. The minimum absolute atomic E-state index is 0.0818. The van der Waals surface area contributed by atoms with E-state index in [1.54, 1.807) is 0 Å². The van der Waals surface area contributed by atoms with Crippen LogP contribution in [0.3, 0.4) is 0 Å². The van der Waals surface area contributed by atoms with Crippen molar-refractivity contribution in [2.24, 2.45) is 5.41 Å². The molecule has 0 spiro atoms. The van der Waals surface area contributed by atoms with Crippen molar-refractivity contribution in [3.05, 3.63) is 23.8 Å². The molecule has 0 bridgehead atoms. The highest BCUT2D eigenvalue weighted by atomic mass is 16.5. The topological polar surface area (TPSA) is 50.4 Å². The smallest absolute Gasteiger partial charge is 0.262 e. The van der Waals surface area contributed by atoms with Crippen LogP contribution in [0.15, 0.2) is 18.2 Å². The average molecular weight is 288 g/mol. The number of anilines is 1. The molecule has 4 nitrogen and oxygen atoms in total. The third-order valence-corrected chi connectivity index (χ3v) is 4.48. The van der Waals surface area contributed by atoms with E-state index in [2.05, 4.69) is 30.5 Å². The molecule has 2 N–H and O–H groups in total. The van der Waals surface area contributed by atoms with Gasteiger partial charge in [-0.15, -0.1) is 0 Å². The zero-order valence-corrected chi connectivity index (χ0v) is 12.9. The summed E-state index contributed by atoms with van der Waals surface area (Å²) in [5, 5.41) is 6.52. The van der Waals surface area contributed by atoms with E-state index in [1.165, 1.54) is 31.2 Å². The first-order chi connectivity index (χ1) is 10.0. The monoisotopic (exact) mass is 288 g/mol. The Hall–Kier alpha value is -1.55. The molecular formula is C17H24N2O2. The fourth-order valence-corrected chi connectivity index (χ4v) is 3.37. The van der Waals surface area contributed by atoms with Gasteiger partial charge in [0.15, 0.2) is 6.61 Å². The first kappa shape index (κ1) is 14.4. The quantitative estimate of drug-likeness (QED) is 0.898. The van der Waals surface area contributed by atoms with E-state index in [1.807, 2.05) is 12.1 Å². The molecule has 2 aliphatic rings. The Kier molecular flexibility index (Phi) is 3.89. The zero-order valence-electron chi connectivity index (χ0n) is 12.9. The minimum atomic E-state index is -0.0818. The van der Waals surface area contributed by atoms with Crippen LogP contribution >= 0.6 is 0 Å². The van der Waals surface area contributed by atoms with Gasteiger partial charge in [-0.3, -0.25) is 4.79 Å². The van der Waals surface area contributed by atoms with Crippen LogP contribution in [-0.4, -0.2) is 18.6 Å². The number of ether oxygens (including phenoxy) is 1. The molecule has 1 unspecified atom stereocenters. The van der Waals surface area contributed by atoms with Crippen LogP contribution in [0.4, 0.5) is 5.69 Å². The first-order valence-electron chi connectivity index (χ1n) is 7.81.